The fraction of sp³-hybridized carbons (Fsp3) is 0.316. The first-order valence-electron chi connectivity index (χ1n) is 9.07. The van der Waals surface area contributed by atoms with Gasteiger partial charge in [0, 0.05) is 19.1 Å². The predicted octanol–water partition coefficient (Wildman–Crippen LogP) is 4.28. The van der Waals surface area contributed by atoms with E-state index in [0.29, 0.717) is 28.9 Å². The van der Waals surface area contributed by atoms with Crippen LogP contribution in [-0.4, -0.2) is 31.4 Å². The molecule has 0 bridgehead atoms. The molecule has 11 heteroatoms. The quantitative estimate of drug-likeness (QED) is 0.463. The minimum atomic E-state index is -0.857. The number of nitrogens with zero attached hydrogens (tertiary/aromatic N) is 2. The monoisotopic (exact) mass is 453 g/mol. The number of ether oxygens (including phenoxy) is 3. The number of carbonyl (C=O) groups is 1. The number of halogens is 2. The van der Waals surface area contributed by atoms with Gasteiger partial charge in [-0.1, -0.05) is 23.2 Å². The molecule has 1 N–H and O–H groups in total. The summed E-state index contributed by atoms with van der Waals surface area (Å²) >= 11 is 12.0. The topological polar surface area (TPSA) is 110 Å². The Morgan fingerprint density at radius 1 is 1.30 bits per heavy atom. The molecule has 0 atom stereocenters. The van der Waals surface area contributed by atoms with Crippen molar-refractivity contribution in [1.29, 1.82) is 0 Å². The van der Waals surface area contributed by atoms with Crippen LogP contribution in [0.1, 0.15) is 24.5 Å². The Kier molecular flexibility index (Phi) is 5.85. The Labute approximate surface area is 181 Å². The lowest BCUT2D eigenvalue weighted by Gasteiger charge is -2.19. The third-order valence-electron chi connectivity index (χ3n) is 4.72. The van der Waals surface area contributed by atoms with Crippen molar-refractivity contribution in [3.63, 3.8) is 0 Å². The molecule has 30 heavy (non-hydrogen) atoms. The van der Waals surface area contributed by atoms with Gasteiger partial charge in [0.2, 0.25) is 12.4 Å². The largest absolute Gasteiger partial charge is 0.619 e. The van der Waals surface area contributed by atoms with E-state index in [-0.39, 0.29) is 33.3 Å². The summed E-state index contributed by atoms with van der Waals surface area (Å²) in [6, 6.07) is 1.82. The average molecular weight is 454 g/mol. The van der Waals surface area contributed by atoms with Gasteiger partial charge in [-0.25, -0.2) is 9.78 Å². The number of methoxy groups -OCH3 is 1. The highest BCUT2D eigenvalue weighted by Crippen LogP contribution is 2.38. The Morgan fingerprint density at radius 3 is 2.67 bits per heavy atom. The van der Waals surface area contributed by atoms with Crippen molar-refractivity contribution in [1.82, 2.24) is 4.98 Å². The maximum Gasteiger partial charge on any atom is 0.417 e. The average Bonchev–Trinajstić information content (AvgIpc) is 3.17. The van der Waals surface area contributed by atoms with Crippen molar-refractivity contribution in [3.05, 3.63) is 45.7 Å². The minimum Gasteiger partial charge on any atom is -0.619 e. The molecule has 0 aromatic carbocycles. The van der Waals surface area contributed by atoms with Gasteiger partial charge in [-0.3, -0.25) is 5.32 Å². The van der Waals surface area contributed by atoms with Crippen LogP contribution in [0, 0.1) is 5.21 Å². The van der Waals surface area contributed by atoms with Crippen molar-refractivity contribution in [2.75, 3.05) is 25.6 Å². The number of aromatic nitrogens is 2. The molecular weight excluding hydrogens is 437 g/mol. The molecular formula is C19H17Cl2N3O6. The van der Waals surface area contributed by atoms with Crippen molar-refractivity contribution in [3.8, 4) is 11.6 Å². The molecule has 158 valence electrons. The maximum absolute atomic E-state index is 12.4. The second-order valence-corrected chi connectivity index (χ2v) is 7.43. The van der Waals surface area contributed by atoms with E-state index < -0.39 is 6.09 Å². The van der Waals surface area contributed by atoms with Crippen LogP contribution in [0.4, 0.5) is 10.5 Å². The van der Waals surface area contributed by atoms with E-state index in [1.165, 1.54) is 13.3 Å². The van der Waals surface area contributed by atoms with E-state index in [2.05, 4.69) is 10.3 Å². The lowest BCUT2D eigenvalue weighted by atomic mass is 9.97. The molecule has 0 unspecified atom stereocenters. The van der Waals surface area contributed by atoms with Gasteiger partial charge >= 0.3 is 6.09 Å². The summed E-state index contributed by atoms with van der Waals surface area (Å²) in [7, 11) is 1.48. The summed E-state index contributed by atoms with van der Waals surface area (Å²) in [4.78, 5) is 16.6. The van der Waals surface area contributed by atoms with E-state index >= 15 is 0 Å². The standard InChI is InChI=1S/C19H17Cl2N3O6/c1-27-18-17-11(6-14(29-17)10-2-4-28-5-3-10)15(7-22-18)30-19(25)23-16-12(20)8-24(26)9-13(16)21/h6-10H,2-5H2,1H3,(H,23,25). The SMILES string of the molecule is COc1ncc(OC(=O)Nc2c(Cl)c[n+]([O-])cc2Cl)c2cc(C3CCOCC3)oc12. The summed E-state index contributed by atoms with van der Waals surface area (Å²) in [6.45, 7) is 1.32. The van der Waals surface area contributed by atoms with E-state index in [1.54, 1.807) is 0 Å². The molecule has 1 fully saturated rings. The first-order valence-corrected chi connectivity index (χ1v) is 9.82. The number of amides is 1. The van der Waals surface area contributed by atoms with E-state index in [1.807, 2.05) is 6.07 Å². The van der Waals surface area contributed by atoms with Gasteiger partial charge in [-0.2, -0.15) is 4.73 Å². The molecule has 1 aliphatic rings. The van der Waals surface area contributed by atoms with Crippen molar-refractivity contribution in [2.24, 2.45) is 0 Å². The van der Waals surface area contributed by atoms with E-state index in [9.17, 15) is 10.0 Å². The number of furan rings is 1. The van der Waals surface area contributed by atoms with Crippen molar-refractivity contribution >= 4 is 46.0 Å². The van der Waals surface area contributed by atoms with Gasteiger partial charge in [-0.05, 0) is 18.9 Å². The normalized spacial score (nSPS) is 14.6. The lowest BCUT2D eigenvalue weighted by molar-refractivity contribution is -0.605. The highest BCUT2D eigenvalue weighted by molar-refractivity contribution is 6.39. The van der Waals surface area contributed by atoms with Gasteiger partial charge in [0.15, 0.2) is 11.3 Å². The smallest absolute Gasteiger partial charge is 0.417 e. The van der Waals surface area contributed by atoms with Crippen LogP contribution in [0.25, 0.3) is 11.0 Å². The summed E-state index contributed by atoms with van der Waals surface area (Å²) in [6.07, 6.45) is 4.29. The number of pyridine rings is 2. The molecule has 1 amide bonds. The predicted molar refractivity (Wildman–Crippen MR) is 108 cm³/mol. The van der Waals surface area contributed by atoms with Gasteiger partial charge in [0.05, 0.1) is 24.4 Å². The van der Waals surface area contributed by atoms with Gasteiger partial charge in [-0.15, -0.1) is 0 Å². The molecule has 0 saturated carbocycles. The minimum absolute atomic E-state index is 0.0300. The summed E-state index contributed by atoms with van der Waals surface area (Å²) in [5.74, 6) is 1.40. The zero-order valence-corrected chi connectivity index (χ0v) is 17.3. The number of anilines is 1. The van der Waals surface area contributed by atoms with E-state index in [0.717, 1.165) is 31.0 Å². The molecule has 3 aromatic rings. The zero-order chi connectivity index (χ0) is 21.3. The highest BCUT2D eigenvalue weighted by Gasteiger charge is 2.24. The molecule has 0 radical (unpaired) electrons. The number of rotatable bonds is 4. The Morgan fingerprint density at radius 2 is 2.00 bits per heavy atom. The van der Waals surface area contributed by atoms with Gasteiger partial charge in [0.1, 0.15) is 15.8 Å². The first kappa shape index (κ1) is 20.5. The zero-order valence-electron chi connectivity index (χ0n) is 15.8. The third kappa shape index (κ3) is 4.09. The second kappa shape index (κ2) is 8.55. The van der Waals surface area contributed by atoms with Gasteiger partial charge in [0.25, 0.3) is 5.88 Å². The molecule has 1 aliphatic heterocycles. The second-order valence-electron chi connectivity index (χ2n) is 6.61. The molecule has 1 saturated heterocycles. The van der Waals surface area contributed by atoms with Crippen molar-refractivity contribution < 1.29 is 28.2 Å². The first-order chi connectivity index (χ1) is 14.5. The van der Waals surface area contributed by atoms with Crippen LogP contribution in [0.5, 0.6) is 11.6 Å². The fourth-order valence-electron chi connectivity index (χ4n) is 3.26. The summed E-state index contributed by atoms with van der Waals surface area (Å²) < 4.78 is 22.5. The summed E-state index contributed by atoms with van der Waals surface area (Å²) in [5, 5.41) is 14.3. The van der Waals surface area contributed by atoms with Crippen molar-refractivity contribution in [2.45, 2.75) is 18.8 Å². The highest BCUT2D eigenvalue weighted by atomic mass is 35.5. The Bertz CT molecular complexity index is 1070. The molecule has 4 rings (SSSR count). The third-order valence-corrected chi connectivity index (χ3v) is 5.29. The number of fused-ring (bicyclic) bond motifs is 1. The van der Waals surface area contributed by atoms with Crippen LogP contribution in [0.3, 0.4) is 0 Å². The number of hydrogen-bond acceptors (Lipinski definition) is 7. The summed E-state index contributed by atoms with van der Waals surface area (Å²) in [5.41, 5.74) is 0.440. The van der Waals surface area contributed by atoms with Crippen LogP contribution in [-0.2, 0) is 4.74 Å². The molecule has 0 spiro atoms. The Balaban J connectivity index is 1.62. The lowest BCUT2D eigenvalue weighted by Crippen LogP contribution is -2.26. The fourth-order valence-corrected chi connectivity index (χ4v) is 3.80. The molecule has 3 aromatic heterocycles. The van der Waals surface area contributed by atoms with Gasteiger partial charge < -0.3 is 23.8 Å². The van der Waals surface area contributed by atoms with Crippen LogP contribution >= 0.6 is 23.2 Å². The number of carbonyl (C=O) groups excluding carboxylic acids is 1. The van der Waals surface area contributed by atoms with Crippen LogP contribution < -0.4 is 19.5 Å². The molecule has 9 nitrogen and oxygen atoms in total. The number of nitrogens with one attached hydrogen (secondary N) is 1. The number of hydrogen-bond donors (Lipinski definition) is 1. The molecule has 4 heterocycles. The maximum atomic E-state index is 12.4. The molecule has 0 aliphatic carbocycles. The Hall–Kier alpha value is -2.75. The van der Waals surface area contributed by atoms with Crippen LogP contribution in [0.2, 0.25) is 10.0 Å². The van der Waals surface area contributed by atoms with Crippen LogP contribution in [0.15, 0.2) is 29.1 Å². The van der Waals surface area contributed by atoms with E-state index in [4.69, 9.17) is 41.8 Å².